The fourth-order valence-corrected chi connectivity index (χ4v) is 6.96. The Kier molecular flexibility index (Phi) is 6.93. The second-order valence-corrected chi connectivity index (χ2v) is 10.8. The second kappa shape index (κ2) is 10.3. The minimum Gasteiger partial charge on any atom is -0.493 e. The van der Waals surface area contributed by atoms with Crippen LogP contribution in [-0.2, 0) is 5.41 Å². The fourth-order valence-electron chi connectivity index (χ4n) is 6.96. The van der Waals surface area contributed by atoms with E-state index in [-0.39, 0.29) is 0 Å². The Labute approximate surface area is 210 Å². The summed E-state index contributed by atoms with van der Waals surface area (Å²) in [7, 11) is 2.48. The highest BCUT2D eigenvalue weighted by molar-refractivity contribution is 5.46. The average molecular weight is 466 g/mol. The van der Waals surface area contributed by atoms with Gasteiger partial charge in [0.2, 0.25) is 0 Å². The molecule has 2 saturated heterocycles. The van der Waals surface area contributed by atoms with Crippen LogP contribution in [0.25, 0.3) is 0 Å². The highest BCUT2D eigenvalue weighted by atomic mass is 16.5. The smallest absolute Gasteiger partial charge is 0.119 e. The van der Waals surface area contributed by atoms with Crippen molar-refractivity contribution in [2.75, 3.05) is 20.2 Å². The van der Waals surface area contributed by atoms with Crippen molar-refractivity contribution < 1.29 is 9.22 Å². The topological polar surface area (TPSA) is 33.0 Å². The van der Waals surface area contributed by atoms with Gasteiger partial charge in [-0.15, -0.1) is 0 Å². The molecule has 0 aliphatic carbocycles. The molecule has 5 rings (SSSR count). The SMILES string of the molecule is C[N+]1(CCCOc2ccccc2)C2CCC1CC(CC(C#N)(c1ccccc1)c1ccccc1)C2. The molecule has 0 amide bonds. The zero-order chi connectivity index (χ0) is 24.1. The molecule has 180 valence electrons. The molecule has 2 unspecified atom stereocenters. The molecule has 2 bridgehead atoms. The number of piperidine rings is 1. The number of hydrogen-bond donors (Lipinski definition) is 0. The van der Waals surface area contributed by atoms with Gasteiger partial charge < -0.3 is 9.22 Å². The van der Waals surface area contributed by atoms with E-state index in [0.29, 0.717) is 18.0 Å². The van der Waals surface area contributed by atoms with E-state index in [0.717, 1.165) is 36.3 Å². The molecule has 2 aliphatic heterocycles. The van der Waals surface area contributed by atoms with Crippen molar-refractivity contribution in [3.63, 3.8) is 0 Å². The lowest BCUT2D eigenvalue weighted by atomic mass is 9.67. The summed E-state index contributed by atoms with van der Waals surface area (Å²) in [6.45, 7) is 1.95. The van der Waals surface area contributed by atoms with Gasteiger partial charge in [0.05, 0.1) is 38.4 Å². The largest absolute Gasteiger partial charge is 0.493 e. The van der Waals surface area contributed by atoms with Crippen LogP contribution in [0.2, 0.25) is 0 Å². The third-order valence-corrected chi connectivity index (χ3v) is 8.83. The molecule has 0 saturated carbocycles. The first kappa shape index (κ1) is 23.6. The number of benzene rings is 3. The van der Waals surface area contributed by atoms with Crippen LogP contribution >= 0.6 is 0 Å². The van der Waals surface area contributed by atoms with Crippen LogP contribution in [0.1, 0.15) is 49.7 Å². The van der Waals surface area contributed by atoms with Crippen LogP contribution in [-0.4, -0.2) is 36.8 Å². The van der Waals surface area contributed by atoms with Crippen LogP contribution in [0.15, 0.2) is 91.0 Å². The maximum Gasteiger partial charge on any atom is 0.119 e. The molecule has 2 aliphatic rings. The zero-order valence-electron chi connectivity index (χ0n) is 20.9. The van der Waals surface area contributed by atoms with Crippen LogP contribution in [0, 0.1) is 17.2 Å². The quantitative estimate of drug-likeness (QED) is 0.259. The summed E-state index contributed by atoms with van der Waals surface area (Å²) in [6, 6.07) is 35.3. The monoisotopic (exact) mass is 465 g/mol. The molecule has 35 heavy (non-hydrogen) atoms. The summed E-state index contributed by atoms with van der Waals surface area (Å²) in [5, 5.41) is 10.6. The van der Waals surface area contributed by atoms with Crippen LogP contribution in [0.5, 0.6) is 5.75 Å². The molecule has 2 fully saturated rings. The van der Waals surface area contributed by atoms with Gasteiger partial charge in [-0.3, -0.25) is 0 Å². The van der Waals surface area contributed by atoms with Crippen molar-refractivity contribution in [2.45, 2.75) is 56.0 Å². The predicted octanol–water partition coefficient (Wildman–Crippen LogP) is 6.74. The van der Waals surface area contributed by atoms with Crippen LogP contribution in [0.3, 0.4) is 0 Å². The third kappa shape index (κ3) is 4.73. The van der Waals surface area contributed by atoms with Crippen LogP contribution in [0.4, 0.5) is 0 Å². The third-order valence-electron chi connectivity index (χ3n) is 8.83. The summed E-state index contributed by atoms with van der Waals surface area (Å²) in [4.78, 5) is 0. The fraction of sp³-hybridized carbons (Fsp3) is 0.406. The van der Waals surface area contributed by atoms with E-state index in [1.54, 1.807) is 0 Å². The Hall–Kier alpha value is -3.09. The summed E-state index contributed by atoms with van der Waals surface area (Å²) >= 11 is 0. The number of quaternary nitrogens is 1. The molecular formula is C32H37N2O+. The van der Waals surface area contributed by atoms with Gasteiger partial charge in [0.25, 0.3) is 0 Å². The summed E-state index contributed by atoms with van der Waals surface area (Å²) in [5.41, 5.74) is 1.67. The zero-order valence-corrected chi connectivity index (χ0v) is 20.9. The van der Waals surface area contributed by atoms with Gasteiger partial charge >= 0.3 is 0 Å². The normalized spacial score (nSPS) is 25.7. The molecule has 3 aromatic carbocycles. The predicted molar refractivity (Wildman–Crippen MR) is 141 cm³/mol. The molecular weight excluding hydrogens is 428 g/mol. The van der Waals surface area contributed by atoms with Crippen molar-refractivity contribution in [2.24, 2.45) is 5.92 Å². The number of para-hydroxylation sites is 1. The minimum absolute atomic E-state index is 0.569. The van der Waals surface area contributed by atoms with Gasteiger partial charge in [0, 0.05) is 32.1 Å². The summed E-state index contributed by atoms with van der Waals surface area (Å²) in [6.07, 6.45) is 7.05. The van der Waals surface area contributed by atoms with E-state index < -0.39 is 5.41 Å². The Morgan fingerprint density at radius 1 is 0.829 bits per heavy atom. The molecule has 0 N–H and O–H groups in total. The number of nitriles is 1. The Bertz CT molecular complexity index is 1070. The number of ether oxygens (including phenoxy) is 1. The van der Waals surface area contributed by atoms with E-state index >= 15 is 0 Å². The van der Waals surface area contributed by atoms with Crippen molar-refractivity contribution in [3.05, 3.63) is 102 Å². The van der Waals surface area contributed by atoms with Crippen LogP contribution < -0.4 is 4.74 Å². The van der Waals surface area contributed by atoms with Gasteiger partial charge in [0.1, 0.15) is 11.2 Å². The number of rotatable bonds is 9. The van der Waals surface area contributed by atoms with E-state index in [1.807, 2.05) is 42.5 Å². The van der Waals surface area contributed by atoms with E-state index in [9.17, 15) is 5.26 Å². The van der Waals surface area contributed by atoms with Gasteiger partial charge in [-0.25, -0.2) is 0 Å². The number of fused-ring (bicyclic) bond motifs is 2. The standard InChI is InChI=1S/C32H37N2O/c1-34(20-11-21-35-31-16-9-4-10-17-31)29-18-19-30(34)23-26(22-29)24-32(25-33,27-12-5-2-6-13-27)28-14-7-3-8-15-28/h2-10,12-17,26,29-30H,11,18-24H2,1H3/q+1. The minimum atomic E-state index is -0.586. The first-order chi connectivity index (χ1) is 17.1. The molecule has 0 spiro atoms. The molecule has 0 aromatic heterocycles. The van der Waals surface area contributed by atoms with Crippen molar-refractivity contribution >= 4 is 0 Å². The van der Waals surface area contributed by atoms with Gasteiger partial charge in [0.15, 0.2) is 0 Å². The van der Waals surface area contributed by atoms with Crippen molar-refractivity contribution in [1.82, 2.24) is 0 Å². The maximum atomic E-state index is 10.6. The highest BCUT2D eigenvalue weighted by Gasteiger charge is 2.52. The summed E-state index contributed by atoms with van der Waals surface area (Å²) in [5.74, 6) is 1.53. The highest BCUT2D eigenvalue weighted by Crippen LogP contribution is 2.48. The lowest BCUT2D eigenvalue weighted by Crippen LogP contribution is -2.58. The Morgan fingerprint density at radius 2 is 1.34 bits per heavy atom. The lowest BCUT2D eigenvalue weighted by molar-refractivity contribution is -0.949. The Balaban J connectivity index is 1.29. The second-order valence-electron chi connectivity index (χ2n) is 10.8. The number of hydrogen-bond acceptors (Lipinski definition) is 2. The van der Waals surface area contributed by atoms with Crippen molar-refractivity contribution in [1.29, 1.82) is 5.26 Å². The maximum absolute atomic E-state index is 10.6. The molecule has 0 radical (unpaired) electrons. The molecule has 2 atom stereocenters. The Morgan fingerprint density at radius 3 is 1.86 bits per heavy atom. The van der Waals surface area contributed by atoms with E-state index in [4.69, 9.17) is 4.74 Å². The van der Waals surface area contributed by atoms with Gasteiger partial charge in [-0.1, -0.05) is 78.9 Å². The van der Waals surface area contributed by atoms with E-state index in [2.05, 4.69) is 61.6 Å². The first-order valence-corrected chi connectivity index (χ1v) is 13.2. The first-order valence-electron chi connectivity index (χ1n) is 13.2. The van der Waals surface area contributed by atoms with Gasteiger partial charge in [-0.2, -0.15) is 5.26 Å². The number of nitrogens with zero attached hydrogens (tertiary/aromatic N) is 2. The van der Waals surface area contributed by atoms with Gasteiger partial charge in [-0.05, 0) is 35.6 Å². The molecule has 3 aromatic rings. The summed E-state index contributed by atoms with van der Waals surface area (Å²) < 4.78 is 7.17. The van der Waals surface area contributed by atoms with E-state index in [1.165, 1.54) is 36.7 Å². The molecule has 3 heteroatoms. The average Bonchev–Trinajstić information content (AvgIpc) is 3.07. The molecule has 3 nitrogen and oxygen atoms in total. The molecule has 2 heterocycles. The lowest BCUT2D eigenvalue weighted by Gasteiger charge is -2.48. The van der Waals surface area contributed by atoms with Crippen molar-refractivity contribution in [3.8, 4) is 11.8 Å².